The van der Waals surface area contributed by atoms with Crippen LogP contribution in [0.5, 0.6) is 0 Å². The van der Waals surface area contributed by atoms with Crippen molar-refractivity contribution in [3.05, 3.63) is 47.9 Å². The summed E-state index contributed by atoms with van der Waals surface area (Å²) in [4.78, 5) is 32.1. The molecule has 0 unspecified atom stereocenters. The Labute approximate surface area is 152 Å². The number of methoxy groups -OCH3 is 1. The molecule has 1 saturated carbocycles. The molecule has 1 aromatic heterocycles. The zero-order chi connectivity index (χ0) is 18.4. The van der Waals surface area contributed by atoms with Crippen LogP contribution in [0.4, 0.5) is 11.5 Å². The van der Waals surface area contributed by atoms with Crippen molar-refractivity contribution in [2.24, 2.45) is 0 Å². The summed E-state index contributed by atoms with van der Waals surface area (Å²) in [5.74, 6) is -0.0481. The summed E-state index contributed by atoms with van der Waals surface area (Å²) < 4.78 is 4.66. The molecule has 0 bridgehead atoms. The molecule has 1 fully saturated rings. The third-order valence-electron chi connectivity index (χ3n) is 4.40. The second-order valence-corrected chi connectivity index (χ2v) is 6.29. The van der Waals surface area contributed by atoms with Crippen LogP contribution in [-0.4, -0.2) is 35.0 Å². The van der Waals surface area contributed by atoms with E-state index < -0.39 is 0 Å². The van der Waals surface area contributed by atoms with Gasteiger partial charge in [0.1, 0.15) is 11.5 Å². The molecule has 136 valence electrons. The molecular formula is C19H22N4O3. The Kier molecular flexibility index (Phi) is 5.78. The van der Waals surface area contributed by atoms with Gasteiger partial charge in [0, 0.05) is 11.7 Å². The maximum Gasteiger partial charge on any atom is 0.337 e. The van der Waals surface area contributed by atoms with Crippen LogP contribution < -0.4 is 10.6 Å². The summed E-state index contributed by atoms with van der Waals surface area (Å²) in [6.07, 6.45) is 8.60. The van der Waals surface area contributed by atoms with Gasteiger partial charge < -0.3 is 15.4 Å². The van der Waals surface area contributed by atoms with E-state index in [9.17, 15) is 9.59 Å². The normalized spacial score (nSPS) is 14.5. The largest absolute Gasteiger partial charge is 0.465 e. The molecule has 2 N–H and O–H groups in total. The predicted octanol–water partition coefficient (Wildman–Crippen LogP) is 3.07. The number of amides is 1. The molecule has 1 amide bonds. The third-order valence-corrected chi connectivity index (χ3v) is 4.40. The minimum Gasteiger partial charge on any atom is -0.465 e. The number of hydrogen-bond donors (Lipinski definition) is 2. The molecule has 0 aliphatic heterocycles. The van der Waals surface area contributed by atoms with Crippen molar-refractivity contribution < 1.29 is 14.3 Å². The predicted molar refractivity (Wildman–Crippen MR) is 97.4 cm³/mol. The summed E-state index contributed by atoms with van der Waals surface area (Å²) in [5.41, 5.74) is 1.53. The maximum atomic E-state index is 12.2. The number of benzene rings is 1. The Morgan fingerprint density at radius 1 is 1.04 bits per heavy atom. The maximum absolute atomic E-state index is 12.2. The molecule has 3 rings (SSSR count). The average molecular weight is 354 g/mol. The van der Waals surface area contributed by atoms with Gasteiger partial charge in [-0.15, -0.1) is 0 Å². The van der Waals surface area contributed by atoms with Crippen LogP contribution >= 0.6 is 0 Å². The van der Waals surface area contributed by atoms with Crippen LogP contribution in [-0.2, 0) is 4.74 Å². The van der Waals surface area contributed by atoms with Crippen LogP contribution in [0.15, 0.2) is 36.7 Å². The second kappa shape index (κ2) is 8.42. The number of hydrogen-bond acceptors (Lipinski definition) is 6. The lowest BCUT2D eigenvalue weighted by Gasteiger charge is -2.22. The van der Waals surface area contributed by atoms with Gasteiger partial charge in [-0.2, -0.15) is 0 Å². The van der Waals surface area contributed by atoms with Crippen molar-refractivity contribution in [1.29, 1.82) is 0 Å². The molecule has 1 heterocycles. The van der Waals surface area contributed by atoms with Crippen molar-refractivity contribution in [3.63, 3.8) is 0 Å². The summed E-state index contributed by atoms with van der Waals surface area (Å²) in [5, 5.41) is 6.10. The minimum atomic E-state index is -0.385. The molecular weight excluding hydrogens is 332 g/mol. The molecule has 0 atom stereocenters. The van der Waals surface area contributed by atoms with Crippen molar-refractivity contribution in [2.75, 3.05) is 12.4 Å². The fourth-order valence-corrected chi connectivity index (χ4v) is 2.97. The number of nitrogens with zero attached hydrogens (tertiary/aromatic N) is 2. The van der Waals surface area contributed by atoms with Crippen molar-refractivity contribution in [2.45, 2.75) is 38.1 Å². The average Bonchev–Trinajstić information content (AvgIpc) is 2.69. The molecule has 7 heteroatoms. The monoisotopic (exact) mass is 354 g/mol. The number of nitrogens with one attached hydrogen (secondary N) is 2. The number of aromatic nitrogens is 2. The Hall–Kier alpha value is -2.96. The van der Waals surface area contributed by atoms with Gasteiger partial charge in [0.05, 0.1) is 25.1 Å². The van der Waals surface area contributed by atoms with E-state index in [2.05, 4.69) is 25.3 Å². The Balaban J connectivity index is 1.58. The fourth-order valence-electron chi connectivity index (χ4n) is 2.97. The van der Waals surface area contributed by atoms with Crippen LogP contribution in [0.25, 0.3) is 0 Å². The van der Waals surface area contributed by atoms with Crippen molar-refractivity contribution in [3.8, 4) is 0 Å². The van der Waals surface area contributed by atoms with E-state index in [0.717, 1.165) is 31.4 Å². The molecule has 0 spiro atoms. The van der Waals surface area contributed by atoms with E-state index in [1.165, 1.54) is 25.9 Å². The van der Waals surface area contributed by atoms with Crippen molar-refractivity contribution >= 4 is 23.4 Å². The lowest BCUT2D eigenvalue weighted by molar-refractivity contribution is 0.0600. The Morgan fingerprint density at radius 2 is 1.77 bits per heavy atom. The van der Waals surface area contributed by atoms with Gasteiger partial charge >= 0.3 is 5.97 Å². The fraction of sp³-hybridized carbons (Fsp3) is 0.368. The summed E-state index contributed by atoms with van der Waals surface area (Å²) in [7, 11) is 1.34. The molecule has 0 saturated heterocycles. The summed E-state index contributed by atoms with van der Waals surface area (Å²) in [6.45, 7) is 0. The Bertz CT molecular complexity index is 753. The van der Waals surface area contributed by atoms with Crippen LogP contribution in [0.2, 0.25) is 0 Å². The van der Waals surface area contributed by atoms with E-state index in [4.69, 9.17) is 0 Å². The lowest BCUT2D eigenvalue weighted by Crippen LogP contribution is -2.36. The molecule has 1 aromatic carbocycles. The first-order valence-electron chi connectivity index (χ1n) is 8.74. The lowest BCUT2D eigenvalue weighted by atomic mass is 9.95. The first kappa shape index (κ1) is 17.8. The van der Waals surface area contributed by atoms with Gasteiger partial charge in [-0.05, 0) is 37.1 Å². The molecule has 26 heavy (non-hydrogen) atoms. The molecule has 1 aliphatic rings. The SMILES string of the molecule is COC(=O)c1ccc(Nc2cnc(C(=O)NC3CCCCC3)cn2)cc1. The van der Waals surface area contributed by atoms with Crippen LogP contribution in [0.3, 0.4) is 0 Å². The van der Waals surface area contributed by atoms with E-state index in [0.29, 0.717) is 17.1 Å². The van der Waals surface area contributed by atoms with Gasteiger partial charge in [-0.1, -0.05) is 19.3 Å². The highest BCUT2D eigenvalue weighted by Crippen LogP contribution is 2.18. The van der Waals surface area contributed by atoms with Crippen LogP contribution in [0.1, 0.15) is 53.0 Å². The molecule has 0 radical (unpaired) electrons. The molecule has 2 aromatic rings. The molecule has 7 nitrogen and oxygen atoms in total. The summed E-state index contributed by atoms with van der Waals surface area (Å²) in [6, 6.07) is 7.06. The van der Waals surface area contributed by atoms with Crippen molar-refractivity contribution in [1.82, 2.24) is 15.3 Å². The second-order valence-electron chi connectivity index (χ2n) is 6.29. The van der Waals surface area contributed by atoms with E-state index >= 15 is 0 Å². The Morgan fingerprint density at radius 3 is 2.38 bits per heavy atom. The van der Waals surface area contributed by atoms with Gasteiger partial charge in [0.2, 0.25) is 0 Å². The standard InChI is InChI=1S/C19H22N4O3/c1-26-19(25)13-7-9-15(10-8-13)22-17-12-20-16(11-21-17)18(24)23-14-5-3-2-4-6-14/h7-12,14H,2-6H2,1H3,(H,21,22)(H,23,24). The number of rotatable bonds is 5. The topological polar surface area (TPSA) is 93.2 Å². The van der Waals surface area contributed by atoms with Crippen LogP contribution in [0, 0.1) is 0 Å². The third kappa shape index (κ3) is 4.56. The van der Waals surface area contributed by atoms with E-state index in [1.54, 1.807) is 24.3 Å². The zero-order valence-corrected chi connectivity index (χ0v) is 14.7. The van der Waals surface area contributed by atoms with E-state index in [-0.39, 0.29) is 17.9 Å². The van der Waals surface area contributed by atoms with Gasteiger partial charge in [0.25, 0.3) is 5.91 Å². The smallest absolute Gasteiger partial charge is 0.337 e. The highest BCUT2D eigenvalue weighted by Gasteiger charge is 2.17. The van der Waals surface area contributed by atoms with E-state index in [1.807, 2.05) is 0 Å². The summed E-state index contributed by atoms with van der Waals surface area (Å²) >= 11 is 0. The number of carbonyl (C=O) groups excluding carboxylic acids is 2. The number of esters is 1. The van der Waals surface area contributed by atoms with Gasteiger partial charge in [0.15, 0.2) is 0 Å². The highest BCUT2D eigenvalue weighted by molar-refractivity contribution is 5.92. The number of carbonyl (C=O) groups is 2. The minimum absolute atomic E-state index is 0.182. The van der Waals surface area contributed by atoms with Gasteiger partial charge in [-0.25, -0.2) is 14.8 Å². The number of ether oxygens (including phenoxy) is 1. The quantitative estimate of drug-likeness (QED) is 0.802. The first-order valence-corrected chi connectivity index (χ1v) is 8.74. The first-order chi connectivity index (χ1) is 12.7. The zero-order valence-electron chi connectivity index (χ0n) is 14.7. The molecule has 1 aliphatic carbocycles. The number of anilines is 2. The van der Waals surface area contributed by atoms with Gasteiger partial charge in [-0.3, -0.25) is 4.79 Å². The highest BCUT2D eigenvalue weighted by atomic mass is 16.5.